The highest BCUT2D eigenvalue weighted by atomic mass is 35.5. The van der Waals surface area contributed by atoms with Gasteiger partial charge in [0.05, 0.1) is 0 Å². The summed E-state index contributed by atoms with van der Waals surface area (Å²) >= 11 is 0. The Hall–Kier alpha value is -3.26. The Labute approximate surface area is 206 Å². The SMILES string of the molecule is CCCc1cc(CC)cc(C(Nc2ccc(C(=N)N)cc2)C(=O)O)c1OCC(=O)NC1CC1.Cl. The zero-order valence-corrected chi connectivity index (χ0v) is 20.3. The summed E-state index contributed by atoms with van der Waals surface area (Å²) in [6, 6.07) is 9.70. The summed E-state index contributed by atoms with van der Waals surface area (Å²) < 4.78 is 5.97. The maximum atomic E-state index is 12.3. The van der Waals surface area contributed by atoms with Crippen LogP contribution in [0.2, 0.25) is 0 Å². The molecule has 0 aromatic heterocycles. The van der Waals surface area contributed by atoms with Gasteiger partial charge in [-0.15, -0.1) is 12.4 Å². The predicted molar refractivity (Wildman–Crippen MR) is 135 cm³/mol. The second-order valence-electron chi connectivity index (χ2n) is 8.31. The Bertz CT molecular complexity index is 1020. The highest BCUT2D eigenvalue weighted by Crippen LogP contribution is 2.34. The number of aliphatic carboxylic acids is 1. The van der Waals surface area contributed by atoms with Gasteiger partial charge < -0.3 is 26.2 Å². The molecular formula is C25H33ClN4O4. The van der Waals surface area contributed by atoms with Crippen LogP contribution in [0.5, 0.6) is 5.75 Å². The van der Waals surface area contributed by atoms with Crippen molar-refractivity contribution in [3.63, 3.8) is 0 Å². The minimum atomic E-state index is -1.09. The van der Waals surface area contributed by atoms with Crippen molar-refractivity contribution in [2.75, 3.05) is 11.9 Å². The summed E-state index contributed by atoms with van der Waals surface area (Å²) in [6.07, 6.45) is 4.27. The Morgan fingerprint density at radius 2 is 1.88 bits per heavy atom. The van der Waals surface area contributed by atoms with Crippen LogP contribution >= 0.6 is 12.4 Å². The van der Waals surface area contributed by atoms with Crippen molar-refractivity contribution in [1.82, 2.24) is 5.32 Å². The van der Waals surface area contributed by atoms with Crippen LogP contribution in [-0.4, -0.2) is 35.5 Å². The molecule has 9 heteroatoms. The average molecular weight is 489 g/mol. The minimum Gasteiger partial charge on any atom is -0.483 e. The second-order valence-corrected chi connectivity index (χ2v) is 8.31. The van der Waals surface area contributed by atoms with Crippen molar-refractivity contribution in [2.24, 2.45) is 5.73 Å². The number of ether oxygens (including phenoxy) is 1. The number of anilines is 1. The molecule has 0 spiro atoms. The Balaban J connectivity index is 0.00000408. The van der Waals surface area contributed by atoms with Gasteiger partial charge in [0.2, 0.25) is 0 Å². The van der Waals surface area contributed by atoms with E-state index in [9.17, 15) is 14.7 Å². The smallest absolute Gasteiger partial charge is 0.330 e. The molecule has 34 heavy (non-hydrogen) atoms. The normalized spacial score (nSPS) is 13.4. The third-order valence-corrected chi connectivity index (χ3v) is 5.54. The van der Waals surface area contributed by atoms with E-state index < -0.39 is 12.0 Å². The summed E-state index contributed by atoms with van der Waals surface area (Å²) in [5.41, 5.74) is 9.02. The number of carbonyl (C=O) groups is 2. The summed E-state index contributed by atoms with van der Waals surface area (Å²) in [7, 11) is 0. The molecule has 6 N–H and O–H groups in total. The average Bonchev–Trinajstić information content (AvgIpc) is 3.60. The molecule has 1 atom stereocenters. The van der Waals surface area contributed by atoms with E-state index in [0.29, 0.717) is 29.0 Å². The number of carboxylic acids is 1. The molecule has 1 aliphatic carbocycles. The van der Waals surface area contributed by atoms with Crippen molar-refractivity contribution in [2.45, 2.75) is 58.0 Å². The van der Waals surface area contributed by atoms with Gasteiger partial charge in [0, 0.05) is 22.9 Å². The van der Waals surface area contributed by atoms with Crippen LogP contribution in [0, 0.1) is 5.41 Å². The zero-order valence-electron chi connectivity index (χ0n) is 19.5. The number of carboxylic acid groups (broad SMARTS) is 1. The van der Waals surface area contributed by atoms with Crippen LogP contribution in [0.25, 0.3) is 0 Å². The molecule has 3 rings (SSSR count). The summed E-state index contributed by atoms with van der Waals surface area (Å²) in [5.74, 6) is -0.879. The molecular weight excluding hydrogens is 456 g/mol. The second kappa shape index (κ2) is 12.3. The van der Waals surface area contributed by atoms with Gasteiger partial charge in [0.1, 0.15) is 11.6 Å². The van der Waals surface area contributed by atoms with Crippen molar-refractivity contribution in [3.05, 3.63) is 58.7 Å². The first-order valence-electron chi connectivity index (χ1n) is 11.3. The molecule has 1 aliphatic rings. The highest BCUT2D eigenvalue weighted by Gasteiger charge is 2.28. The van der Waals surface area contributed by atoms with Gasteiger partial charge in [0.15, 0.2) is 12.6 Å². The fraction of sp³-hybridized carbons (Fsp3) is 0.400. The van der Waals surface area contributed by atoms with Gasteiger partial charge in [0.25, 0.3) is 5.91 Å². The van der Waals surface area contributed by atoms with E-state index in [2.05, 4.69) is 10.6 Å². The molecule has 8 nitrogen and oxygen atoms in total. The van der Waals surface area contributed by atoms with Gasteiger partial charge in [-0.05, 0) is 67.1 Å². The summed E-state index contributed by atoms with van der Waals surface area (Å²) in [5, 5.41) is 23.6. The number of benzene rings is 2. The number of nitrogens with two attached hydrogens (primary N) is 1. The van der Waals surface area contributed by atoms with E-state index >= 15 is 0 Å². The van der Waals surface area contributed by atoms with E-state index in [1.165, 1.54) is 0 Å². The van der Waals surface area contributed by atoms with E-state index in [4.69, 9.17) is 15.9 Å². The van der Waals surface area contributed by atoms with E-state index in [-0.39, 0.29) is 36.8 Å². The zero-order chi connectivity index (χ0) is 24.0. The molecule has 0 bridgehead atoms. The standard InChI is InChI=1S/C25H32N4O4.ClH/c1-3-5-17-12-15(4-2)13-20(23(17)33-14-21(30)28-18-10-11-18)22(25(31)32)29-19-8-6-16(7-9-19)24(26)27;/h6-9,12-13,18,22,29H,3-5,10-11,14H2,1-2H3,(H3,26,27)(H,28,30)(H,31,32);1H. The number of rotatable bonds is 12. The van der Waals surface area contributed by atoms with Crippen LogP contribution < -0.4 is 21.1 Å². The van der Waals surface area contributed by atoms with E-state index in [1.807, 2.05) is 26.0 Å². The number of halogens is 1. The van der Waals surface area contributed by atoms with Crippen molar-refractivity contribution in [1.29, 1.82) is 5.41 Å². The number of aryl methyl sites for hydroxylation is 2. The molecule has 0 radical (unpaired) electrons. The lowest BCUT2D eigenvalue weighted by molar-refractivity contribution is -0.138. The molecule has 0 aliphatic heterocycles. The Morgan fingerprint density at radius 3 is 2.41 bits per heavy atom. The number of nitrogen functional groups attached to an aromatic ring is 1. The molecule has 1 saturated carbocycles. The molecule has 2 aromatic rings. The van der Waals surface area contributed by atoms with Crippen molar-refractivity contribution < 1.29 is 19.4 Å². The lowest BCUT2D eigenvalue weighted by atomic mass is 9.95. The number of hydrogen-bond acceptors (Lipinski definition) is 5. The molecule has 2 aromatic carbocycles. The molecule has 1 amide bonds. The molecule has 0 saturated heterocycles. The fourth-order valence-corrected chi connectivity index (χ4v) is 3.65. The van der Waals surface area contributed by atoms with Gasteiger partial charge in [-0.1, -0.05) is 26.3 Å². The van der Waals surface area contributed by atoms with Crippen molar-refractivity contribution >= 4 is 35.8 Å². The lowest BCUT2D eigenvalue weighted by Crippen LogP contribution is -2.31. The maximum Gasteiger partial charge on any atom is 0.330 e. The summed E-state index contributed by atoms with van der Waals surface area (Å²) in [6.45, 7) is 3.90. The quantitative estimate of drug-likeness (QED) is 0.227. The first-order chi connectivity index (χ1) is 15.8. The van der Waals surface area contributed by atoms with Crippen LogP contribution in [-0.2, 0) is 22.4 Å². The molecule has 1 fully saturated rings. The molecule has 1 unspecified atom stereocenters. The third-order valence-electron chi connectivity index (χ3n) is 5.54. The van der Waals surface area contributed by atoms with Crippen molar-refractivity contribution in [3.8, 4) is 5.75 Å². The third kappa shape index (κ3) is 7.12. The van der Waals surface area contributed by atoms with Gasteiger partial charge in [-0.25, -0.2) is 4.79 Å². The monoisotopic (exact) mass is 488 g/mol. The van der Waals surface area contributed by atoms with E-state index in [0.717, 1.165) is 36.8 Å². The Kier molecular flexibility index (Phi) is 9.74. The van der Waals surface area contributed by atoms with Gasteiger partial charge in [-0.2, -0.15) is 0 Å². The highest BCUT2D eigenvalue weighted by molar-refractivity contribution is 5.95. The first kappa shape index (κ1) is 27.0. The largest absolute Gasteiger partial charge is 0.483 e. The molecule has 184 valence electrons. The number of hydrogen-bond donors (Lipinski definition) is 5. The topological polar surface area (TPSA) is 138 Å². The van der Waals surface area contributed by atoms with E-state index in [1.54, 1.807) is 24.3 Å². The first-order valence-corrected chi connectivity index (χ1v) is 11.3. The van der Waals surface area contributed by atoms with Crippen LogP contribution in [0.4, 0.5) is 5.69 Å². The number of carbonyl (C=O) groups excluding carboxylic acids is 1. The Morgan fingerprint density at radius 1 is 1.21 bits per heavy atom. The van der Waals surface area contributed by atoms with Crippen LogP contribution in [0.15, 0.2) is 36.4 Å². The predicted octanol–water partition coefficient (Wildman–Crippen LogP) is 3.80. The number of nitrogens with one attached hydrogen (secondary N) is 3. The number of amidine groups is 1. The lowest BCUT2D eigenvalue weighted by Gasteiger charge is -2.23. The van der Waals surface area contributed by atoms with Gasteiger partial charge >= 0.3 is 5.97 Å². The fourth-order valence-electron chi connectivity index (χ4n) is 3.65. The number of amides is 1. The minimum absolute atomic E-state index is 0. The molecule has 0 heterocycles. The summed E-state index contributed by atoms with van der Waals surface area (Å²) in [4.78, 5) is 24.6. The van der Waals surface area contributed by atoms with Crippen LogP contribution in [0.1, 0.15) is 61.4 Å². The van der Waals surface area contributed by atoms with Crippen LogP contribution in [0.3, 0.4) is 0 Å². The van der Waals surface area contributed by atoms with Gasteiger partial charge in [-0.3, -0.25) is 10.2 Å². The maximum absolute atomic E-state index is 12.3.